The molecule has 2 aliphatic rings. The van der Waals surface area contributed by atoms with E-state index < -0.39 is 11.4 Å². The molecule has 1 N–H and O–H groups in total. The van der Waals surface area contributed by atoms with Crippen LogP contribution in [0.25, 0.3) is 11.4 Å². The molecule has 0 saturated carbocycles. The Morgan fingerprint density at radius 3 is 2.65 bits per heavy atom. The predicted octanol–water partition coefficient (Wildman–Crippen LogP) is 4.31. The smallest absolute Gasteiger partial charge is 0.308 e. The van der Waals surface area contributed by atoms with Crippen molar-refractivity contribution in [3.63, 3.8) is 0 Å². The van der Waals surface area contributed by atoms with Gasteiger partial charge < -0.3 is 10.2 Å². The Balaban J connectivity index is 1.42. The molecular weight excluding hydrogens is 395 g/mol. The van der Waals surface area contributed by atoms with Gasteiger partial charge in [-0.25, -0.2) is 29.1 Å². The Hall–Kier alpha value is -3.42. The van der Waals surface area contributed by atoms with Crippen molar-refractivity contribution in [2.45, 2.75) is 44.7 Å². The maximum atomic E-state index is 13.3. The minimum Gasteiger partial charge on any atom is -0.308 e. The number of anilines is 1. The quantitative estimate of drug-likeness (QED) is 0.685. The molecular formula is C23H23FN6O. The molecule has 4 heterocycles. The number of rotatable bonds is 3. The SMILES string of the molecule is Cc1ccc(NC(=O)N2[C@@H]3C[C@@H](C)CC2(c2ncccn2)C3)cc1-c1ncc(F)cn1. The summed E-state index contributed by atoms with van der Waals surface area (Å²) >= 11 is 0. The molecule has 2 saturated heterocycles. The minimum absolute atomic E-state index is 0.162. The summed E-state index contributed by atoms with van der Waals surface area (Å²) in [4.78, 5) is 32.4. The second-order valence-corrected chi connectivity index (χ2v) is 8.56. The standard InChI is InChI=1S/C23H23FN6O/c1-14-8-18-11-23(10-14,21-25-6-3-7-26-21)30(18)22(31)29-17-5-4-15(2)19(9-17)20-27-12-16(24)13-28-20/h3-7,9,12-14,18H,8,10-11H2,1-2H3,(H,29,31)/t14-,18-,23?/m1/s1. The first-order chi connectivity index (χ1) is 15.0. The van der Waals surface area contributed by atoms with Gasteiger partial charge in [0.2, 0.25) is 0 Å². The molecule has 3 aromatic rings. The second-order valence-electron chi connectivity index (χ2n) is 8.56. The first-order valence-electron chi connectivity index (χ1n) is 10.4. The van der Waals surface area contributed by atoms with Gasteiger partial charge in [-0.2, -0.15) is 0 Å². The fraction of sp³-hybridized carbons (Fsp3) is 0.348. The van der Waals surface area contributed by atoms with Crippen molar-refractivity contribution in [3.8, 4) is 11.4 Å². The number of nitrogens with one attached hydrogen (secondary N) is 1. The summed E-state index contributed by atoms with van der Waals surface area (Å²) in [5, 5.41) is 3.03. The Morgan fingerprint density at radius 2 is 1.90 bits per heavy atom. The van der Waals surface area contributed by atoms with Gasteiger partial charge in [0.15, 0.2) is 17.5 Å². The summed E-state index contributed by atoms with van der Waals surface area (Å²) in [7, 11) is 0. The van der Waals surface area contributed by atoms with E-state index >= 15 is 0 Å². The minimum atomic E-state index is -0.488. The number of aryl methyl sites for hydroxylation is 1. The lowest BCUT2D eigenvalue weighted by molar-refractivity contribution is -0.100. The first-order valence-corrected chi connectivity index (χ1v) is 10.4. The Bertz CT molecular complexity index is 1120. The zero-order chi connectivity index (χ0) is 21.6. The topological polar surface area (TPSA) is 83.9 Å². The lowest BCUT2D eigenvalue weighted by Crippen LogP contribution is -2.70. The Kier molecular flexibility index (Phi) is 4.64. The van der Waals surface area contributed by atoms with Crippen LogP contribution in [-0.4, -0.2) is 36.9 Å². The van der Waals surface area contributed by atoms with Crippen LogP contribution in [0, 0.1) is 18.7 Å². The number of amides is 2. The van der Waals surface area contributed by atoms with Crippen LogP contribution in [0.1, 0.15) is 37.6 Å². The lowest BCUT2D eigenvalue weighted by atomic mass is 9.64. The van der Waals surface area contributed by atoms with Crippen molar-refractivity contribution in [2.75, 3.05) is 5.32 Å². The fourth-order valence-electron chi connectivity index (χ4n) is 5.08. The van der Waals surface area contributed by atoms with Crippen LogP contribution in [0.4, 0.5) is 14.9 Å². The number of hydrogen-bond donors (Lipinski definition) is 1. The monoisotopic (exact) mass is 418 g/mol. The third kappa shape index (κ3) is 3.32. The van der Waals surface area contributed by atoms with E-state index in [1.165, 1.54) is 0 Å². The van der Waals surface area contributed by atoms with E-state index in [0.717, 1.165) is 42.8 Å². The molecule has 2 bridgehead atoms. The molecule has 8 heteroatoms. The van der Waals surface area contributed by atoms with E-state index in [4.69, 9.17) is 0 Å². The van der Waals surface area contributed by atoms with Crippen molar-refractivity contribution >= 4 is 11.7 Å². The second kappa shape index (κ2) is 7.37. The number of benzene rings is 1. The lowest BCUT2D eigenvalue weighted by Gasteiger charge is -2.62. The number of hydrogen-bond acceptors (Lipinski definition) is 5. The van der Waals surface area contributed by atoms with E-state index in [0.29, 0.717) is 23.3 Å². The Morgan fingerprint density at radius 1 is 1.16 bits per heavy atom. The number of carbonyl (C=O) groups is 1. The van der Waals surface area contributed by atoms with Gasteiger partial charge in [-0.05, 0) is 55.9 Å². The van der Waals surface area contributed by atoms with Crippen molar-refractivity contribution in [1.29, 1.82) is 0 Å². The molecule has 2 aliphatic heterocycles. The predicted molar refractivity (Wildman–Crippen MR) is 114 cm³/mol. The molecule has 7 nitrogen and oxygen atoms in total. The van der Waals surface area contributed by atoms with Gasteiger partial charge in [-0.3, -0.25) is 0 Å². The summed E-state index contributed by atoms with van der Waals surface area (Å²) in [6.45, 7) is 4.14. The Labute approximate surface area is 179 Å². The van der Waals surface area contributed by atoms with Gasteiger partial charge in [0.25, 0.3) is 0 Å². The summed E-state index contributed by atoms with van der Waals surface area (Å²) in [5.74, 6) is 1.14. The highest BCUT2D eigenvalue weighted by molar-refractivity contribution is 5.92. The van der Waals surface area contributed by atoms with Crippen molar-refractivity contribution in [2.24, 2.45) is 5.92 Å². The number of aromatic nitrogens is 4. The summed E-state index contributed by atoms with van der Waals surface area (Å²) in [5.41, 5.74) is 1.87. The molecule has 5 rings (SSSR count). The zero-order valence-corrected chi connectivity index (χ0v) is 17.4. The number of fused-ring (bicyclic) bond motifs is 2. The first kappa shape index (κ1) is 19.5. The average Bonchev–Trinajstić information content (AvgIpc) is 2.76. The third-order valence-electron chi connectivity index (χ3n) is 6.31. The normalized spacial score (nSPS) is 24.4. The van der Waals surface area contributed by atoms with Crippen LogP contribution in [0.5, 0.6) is 0 Å². The van der Waals surface area contributed by atoms with E-state index in [1.54, 1.807) is 18.5 Å². The number of halogens is 1. The van der Waals surface area contributed by atoms with Crippen molar-refractivity contribution in [3.05, 3.63) is 66.3 Å². The summed E-state index contributed by atoms with van der Waals surface area (Å²) in [6.07, 6.45) is 8.45. The van der Waals surface area contributed by atoms with Gasteiger partial charge in [0.1, 0.15) is 5.54 Å². The molecule has 0 radical (unpaired) electrons. The largest absolute Gasteiger partial charge is 0.322 e. The number of nitrogens with zero attached hydrogens (tertiary/aromatic N) is 5. The fourth-order valence-corrected chi connectivity index (χ4v) is 5.08. The maximum Gasteiger partial charge on any atom is 0.322 e. The molecule has 31 heavy (non-hydrogen) atoms. The van der Waals surface area contributed by atoms with Gasteiger partial charge >= 0.3 is 6.03 Å². The number of urea groups is 1. The molecule has 0 aliphatic carbocycles. The van der Waals surface area contributed by atoms with Crippen molar-refractivity contribution in [1.82, 2.24) is 24.8 Å². The molecule has 0 spiro atoms. The van der Waals surface area contributed by atoms with E-state index in [9.17, 15) is 9.18 Å². The number of piperidine rings is 1. The van der Waals surface area contributed by atoms with Crippen LogP contribution in [-0.2, 0) is 5.54 Å². The molecule has 1 unspecified atom stereocenters. The van der Waals surface area contributed by atoms with Crippen LogP contribution < -0.4 is 5.32 Å². The maximum absolute atomic E-state index is 13.3. The van der Waals surface area contributed by atoms with E-state index in [1.807, 2.05) is 30.0 Å². The van der Waals surface area contributed by atoms with Gasteiger partial charge in [-0.1, -0.05) is 13.0 Å². The zero-order valence-electron chi connectivity index (χ0n) is 17.4. The third-order valence-corrected chi connectivity index (χ3v) is 6.31. The van der Waals surface area contributed by atoms with Crippen molar-refractivity contribution < 1.29 is 9.18 Å². The van der Waals surface area contributed by atoms with E-state index in [2.05, 4.69) is 32.2 Å². The average molecular weight is 418 g/mol. The molecule has 2 fully saturated rings. The summed E-state index contributed by atoms with van der Waals surface area (Å²) < 4.78 is 13.2. The van der Waals surface area contributed by atoms with Gasteiger partial charge in [0, 0.05) is 29.7 Å². The van der Waals surface area contributed by atoms with Crippen LogP contribution >= 0.6 is 0 Å². The molecule has 2 amide bonds. The summed E-state index contributed by atoms with van der Waals surface area (Å²) in [6, 6.07) is 7.38. The highest BCUT2D eigenvalue weighted by atomic mass is 19.1. The van der Waals surface area contributed by atoms with E-state index in [-0.39, 0.29) is 12.1 Å². The highest BCUT2D eigenvalue weighted by Crippen LogP contribution is 2.54. The molecule has 3 atom stereocenters. The molecule has 2 aromatic heterocycles. The molecule has 158 valence electrons. The van der Waals surface area contributed by atoms with Crippen LogP contribution in [0.3, 0.4) is 0 Å². The van der Waals surface area contributed by atoms with Crippen LogP contribution in [0.2, 0.25) is 0 Å². The highest BCUT2D eigenvalue weighted by Gasteiger charge is 2.60. The molecule has 1 aromatic carbocycles. The number of carbonyl (C=O) groups excluding carboxylic acids is 1. The van der Waals surface area contributed by atoms with Crippen LogP contribution in [0.15, 0.2) is 49.1 Å². The van der Waals surface area contributed by atoms with Gasteiger partial charge in [-0.15, -0.1) is 0 Å². The van der Waals surface area contributed by atoms with Gasteiger partial charge in [0.05, 0.1) is 12.4 Å².